The fourth-order valence-corrected chi connectivity index (χ4v) is 1.54. The third-order valence-electron chi connectivity index (χ3n) is 2.28. The first-order valence-corrected chi connectivity index (χ1v) is 6.23. The van der Waals surface area contributed by atoms with Crippen LogP contribution in [0.4, 0.5) is 19.0 Å². The molecule has 0 radical (unpaired) electrons. The predicted molar refractivity (Wildman–Crippen MR) is 68.7 cm³/mol. The SMILES string of the molecule is CC(C)Cn1ccnc(NCCOCC(F)(F)F)c1=O. The van der Waals surface area contributed by atoms with E-state index in [1.54, 1.807) is 6.20 Å². The molecule has 0 atom stereocenters. The summed E-state index contributed by atoms with van der Waals surface area (Å²) in [4.78, 5) is 15.8. The Hall–Kier alpha value is -1.57. The number of ether oxygens (including phenoxy) is 1. The summed E-state index contributed by atoms with van der Waals surface area (Å²) in [6.07, 6.45) is -1.29. The molecule has 114 valence electrons. The molecule has 1 aromatic heterocycles. The molecule has 0 saturated carbocycles. The summed E-state index contributed by atoms with van der Waals surface area (Å²) in [5, 5.41) is 2.68. The minimum absolute atomic E-state index is 0.0873. The Kier molecular flexibility index (Phi) is 6.00. The third kappa shape index (κ3) is 6.05. The fraction of sp³-hybridized carbons (Fsp3) is 0.667. The van der Waals surface area contributed by atoms with Crippen LogP contribution in [0.25, 0.3) is 0 Å². The van der Waals surface area contributed by atoms with E-state index in [9.17, 15) is 18.0 Å². The first-order chi connectivity index (χ1) is 9.29. The lowest BCUT2D eigenvalue weighted by molar-refractivity contribution is -0.172. The molecule has 0 aliphatic rings. The maximum atomic E-state index is 11.9. The summed E-state index contributed by atoms with van der Waals surface area (Å²) in [6.45, 7) is 3.15. The van der Waals surface area contributed by atoms with Crippen LogP contribution in [0, 0.1) is 5.92 Å². The van der Waals surface area contributed by atoms with Gasteiger partial charge in [0.25, 0.3) is 5.56 Å². The fourth-order valence-electron chi connectivity index (χ4n) is 1.54. The number of nitrogens with one attached hydrogen (secondary N) is 1. The minimum Gasteiger partial charge on any atom is -0.370 e. The number of hydrogen-bond donors (Lipinski definition) is 1. The van der Waals surface area contributed by atoms with Gasteiger partial charge in [0.15, 0.2) is 5.82 Å². The average molecular weight is 293 g/mol. The highest BCUT2D eigenvalue weighted by Gasteiger charge is 2.27. The second kappa shape index (κ2) is 7.28. The van der Waals surface area contributed by atoms with Crippen molar-refractivity contribution in [1.82, 2.24) is 9.55 Å². The highest BCUT2D eigenvalue weighted by Crippen LogP contribution is 2.14. The summed E-state index contributed by atoms with van der Waals surface area (Å²) in [7, 11) is 0. The van der Waals surface area contributed by atoms with Crippen molar-refractivity contribution in [3.05, 3.63) is 22.7 Å². The van der Waals surface area contributed by atoms with Crippen molar-refractivity contribution in [2.45, 2.75) is 26.6 Å². The molecule has 0 spiro atoms. The van der Waals surface area contributed by atoms with Crippen LogP contribution in [0.1, 0.15) is 13.8 Å². The Morgan fingerprint density at radius 2 is 2.15 bits per heavy atom. The maximum Gasteiger partial charge on any atom is 0.411 e. The quantitative estimate of drug-likeness (QED) is 0.780. The molecule has 0 amide bonds. The van der Waals surface area contributed by atoms with E-state index in [4.69, 9.17) is 0 Å². The standard InChI is InChI=1S/C12H18F3N3O2/c1-9(2)7-18-5-3-16-10(11(18)19)17-4-6-20-8-12(13,14)15/h3,5,9H,4,6-8H2,1-2H3,(H,16,17). The zero-order valence-corrected chi connectivity index (χ0v) is 11.4. The number of aromatic nitrogens is 2. The van der Waals surface area contributed by atoms with E-state index in [0.29, 0.717) is 12.5 Å². The second-order valence-corrected chi connectivity index (χ2v) is 4.72. The molecule has 0 aliphatic heterocycles. The van der Waals surface area contributed by atoms with Crippen LogP contribution < -0.4 is 10.9 Å². The summed E-state index contributed by atoms with van der Waals surface area (Å²) in [6, 6.07) is 0. The molecule has 0 aromatic carbocycles. The predicted octanol–water partition coefficient (Wildman–Crippen LogP) is 1.89. The monoisotopic (exact) mass is 293 g/mol. The van der Waals surface area contributed by atoms with Gasteiger partial charge in [-0.1, -0.05) is 13.8 Å². The van der Waals surface area contributed by atoms with Gasteiger partial charge in [-0.3, -0.25) is 4.79 Å². The Bertz CT molecular complexity index is 472. The molecule has 0 fully saturated rings. The lowest BCUT2D eigenvalue weighted by Gasteiger charge is -2.11. The first-order valence-electron chi connectivity index (χ1n) is 6.23. The van der Waals surface area contributed by atoms with Crippen LogP contribution in [0.5, 0.6) is 0 Å². The number of halogens is 3. The normalized spacial score (nSPS) is 11.9. The molecule has 1 heterocycles. The van der Waals surface area contributed by atoms with Crippen LogP contribution in [-0.4, -0.2) is 35.5 Å². The van der Waals surface area contributed by atoms with Crippen molar-refractivity contribution in [1.29, 1.82) is 0 Å². The zero-order chi connectivity index (χ0) is 15.2. The zero-order valence-electron chi connectivity index (χ0n) is 11.4. The average Bonchev–Trinajstić information content (AvgIpc) is 2.31. The molecule has 0 bridgehead atoms. The van der Waals surface area contributed by atoms with Gasteiger partial charge in [0, 0.05) is 25.5 Å². The molecular weight excluding hydrogens is 275 g/mol. The van der Waals surface area contributed by atoms with Gasteiger partial charge in [-0.15, -0.1) is 0 Å². The van der Waals surface area contributed by atoms with Gasteiger partial charge in [0.05, 0.1) is 6.61 Å². The van der Waals surface area contributed by atoms with Crippen LogP contribution in [0.2, 0.25) is 0 Å². The van der Waals surface area contributed by atoms with E-state index < -0.39 is 12.8 Å². The van der Waals surface area contributed by atoms with Crippen LogP contribution in [-0.2, 0) is 11.3 Å². The summed E-state index contributed by atoms with van der Waals surface area (Å²) in [5.74, 6) is 0.418. The topological polar surface area (TPSA) is 56.1 Å². The van der Waals surface area contributed by atoms with Crippen molar-refractivity contribution in [2.75, 3.05) is 25.1 Å². The highest BCUT2D eigenvalue weighted by atomic mass is 19.4. The molecule has 0 unspecified atom stereocenters. The van der Waals surface area contributed by atoms with Gasteiger partial charge in [-0.05, 0) is 5.92 Å². The van der Waals surface area contributed by atoms with Crippen molar-refractivity contribution in [3.8, 4) is 0 Å². The Morgan fingerprint density at radius 1 is 1.45 bits per heavy atom. The van der Waals surface area contributed by atoms with Gasteiger partial charge in [-0.2, -0.15) is 13.2 Å². The third-order valence-corrected chi connectivity index (χ3v) is 2.28. The molecule has 8 heteroatoms. The van der Waals surface area contributed by atoms with Crippen LogP contribution in [0.3, 0.4) is 0 Å². The lowest BCUT2D eigenvalue weighted by atomic mass is 10.2. The molecule has 0 aliphatic carbocycles. The highest BCUT2D eigenvalue weighted by molar-refractivity contribution is 5.30. The van der Waals surface area contributed by atoms with E-state index in [1.807, 2.05) is 13.8 Å². The smallest absolute Gasteiger partial charge is 0.370 e. The van der Waals surface area contributed by atoms with Gasteiger partial charge < -0.3 is 14.6 Å². The Balaban J connectivity index is 2.46. The summed E-state index contributed by atoms with van der Waals surface area (Å²) in [5.41, 5.74) is -0.294. The second-order valence-electron chi connectivity index (χ2n) is 4.72. The van der Waals surface area contributed by atoms with E-state index in [1.165, 1.54) is 10.8 Å². The van der Waals surface area contributed by atoms with Gasteiger partial charge >= 0.3 is 6.18 Å². The molecule has 5 nitrogen and oxygen atoms in total. The van der Waals surface area contributed by atoms with E-state index in [2.05, 4.69) is 15.0 Å². The largest absolute Gasteiger partial charge is 0.411 e. The van der Waals surface area contributed by atoms with Gasteiger partial charge in [0.2, 0.25) is 0 Å². The van der Waals surface area contributed by atoms with Crippen molar-refractivity contribution in [3.63, 3.8) is 0 Å². The lowest BCUT2D eigenvalue weighted by Crippen LogP contribution is -2.27. The van der Waals surface area contributed by atoms with Crippen LogP contribution >= 0.6 is 0 Å². The van der Waals surface area contributed by atoms with E-state index in [0.717, 1.165) is 0 Å². The van der Waals surface area contributed by atoms with Crippen molar-refractivity contribution >= 4 is 5.82 Å². The van der Waals surface area contributed by atoms with E-state index >= 15 is 0 Å². The molecule has 1 rings (SSSR count). The van der Waals surface area contributed by atoms with Gasteiger partial charge in [-0.25, -0.2) is 4.98 Å². The Labute approximate surface area is 114 Å². The first kappa shape index (κ1) is 16.5. The molecule has 20 heavy (non-hydrogen) atoms. The van der Waals surface area contributed by atoms with Crippen molar-refractivity contribution < 1.29 is 17.9 Å². The number of alkyl halides is 3. The number of nitrogens with zero attached hydrogens (tertiary/aromatic N) is 2. The number of anilines is 1. The van der Waals surface area contributed by atoms with E-state index in [-0.39, 0.29) is 24.5 Å². The Morgan fingerprint density at radius 3 is 2.75 bits per heavy atom. The number of hydrogen-bond acceptors (Lipinski definition) is 4. The number of rotatable bonds is 7. The molecular formula is C12H18F3N3O2. The molecule has 1 aromatic rings. The molecule has 0 saturated heterocycles. The van der Waals surface area contributed by atoms with Gasteiger partial charge in [0.1, 0.15) is 6.61 Å². The molecule has 1 N–H and O–H groups in total. The van der Waals surface area contributed by atoms with Crippen molar-refractivity contribution in [2.24, 2.45) is 5.92 Å². The van der Waals surface area contributed by atoms with Crippen LogP contribution in [0.15, 0.2) is 17.2 Å². The summed E-state index contributed by atoms with van der Waals surface area (Å²) < 4.78 is 41.4. The minimum atomic E-state index is -4.34. The maximum absolute atomic E-state index is 11.9. The summed E-state index contributed by atoms with van der Waals surface area (Å²) >= 11 is 0.